The smallest absolute Gasteiger partial charge is 0.297 e. The summed E-state index contributed by atoms with van der Waals surface area (Å²) in [6, 6.07) is 5.38. The van der Waals surface area contributed by atoms with Crippen LogP contribution in [0.2, 0.25) is 0 Å². The van der Waals surface area contributed by atoms with E-state index in [2.05, 4.69) is 26.2 Å². The number of fused-ring (bicyclic) bond motifs is 4. The van der Waals surface area contributed by atoms with Gasteiger partial charge in [-0.05, 0) is 50.3 Å². The van der Waals surface area contributed by atoms with E-state index in [1.165, 1.54) is 18.2 Å². The van der Waals surface area contributed by atoms with Crippen molar-refractivity contribution in [1.29, 1.82) is 0 Å². The SMILES string of the molecule is C#Cc1c(F)ccc2cc(O)cc(-c3nc(OC(C)C)c4c(N5CC6CCC(C5)N6)nc(C(F)F)nc4c3F)c12. The number of rotatable bonds is 5. The van der Waals surface area contributed by atoms with Crippen LogP contribution in [0.25, 0.3) is 32.9 Å². The Bertz CT molecular complexity index is 1690. The van der Waals surface area contributed by atoms with Crippen molar-refractivity contribution < 1.29 is 27.4 Å². The standard InChI is InChI=1S/C29H25F4N5O2/c1-4-18-20(30)8-5-14-9-17(39)10-19(21(14)18)24-23(31)25-22(29(36-24)40-13(2)3)28(37-27(35-25)26(32)33)38-11-15-6-7-16(12-38)34-15/h1,5,8-10,13,15-16,26,34,39H,6-7,11-12H2,2-3H3. The predicted octanol–water partition coefficient (Wildman–Crippen LogP) is 5.48. The molecule has 2 aliphatic rings. The van der Waals surface area contributed by atoms with Crippen LogP contribution in [0.15, 0.2) is 24.3 Å². The summed E-state index contributed by atoms with van der Waals surface area (Å²) < 4.78 is 65.4. The normalized spacial score (nSPS) is 18.7. The van der Waals surface area contributed by atoms with Gasteiger partial charge in [-0.25, -0.2) is 32.5 Å². The van der Waals surface area contributed by atoms with Crippen molar-refractivity contribution in [3.05, 3.63) is 47.3 Å². The van der Waals surface area contributed by atoms with Crippen molar-refractivity contribution in [2.45, 2.75) is 51.3 Å². The second-order valence-electron chi connectivity index (χ2n) is 10.4. The van der Waals surface area contributed by atoms with E-state index >= 15 is 4.39 Å². The number of anilines is 1. The molecule has 2 unspecified atom stereocenters. The molecule has 2 saturated heterocycles. The topological polar surface area (TPSA) is 83.4 Å². The van der Waals surface area contributed by atoms with E-state index in [0.29, 0.717) is 18.5 Å². The number of aromatic hydroxyl groups is 1. The van der Waals surface area contributed by atoms with E-state index in [1.807, 2.05) is 4.90 Å². The van der Waals surface area contributed by atoms with Gasteiger partial charge in [-0.3, -0.25) is 0 Å². The molecule has 4 aromatic rings. The highest BCUT2D eigenvalue weighted by Crippen LogP contribution is 2.42. The van der Waals surface area contributed by atoms with Gasteiger partial charge in [-0.1, -0.05) is 12.0 Å². The maximum absolute atomic E-state index is 16.5. The van der Waals surface area contributed by atoms with E-state index in [1.54, 1.807) is 13.8 Å². The molecule has 40 heavy (non-hydrogen) atoms. The molecule has 2 aromatic carbocycles. The molecule has 2 atom stereocenters. The first-order valence-electron chi connectivity index (χ1n) is 12.9. The van der Waals surface area contributed by atoms with Gasteiger partial charge >= 0.3 is 0 Å². The molecule has 4 heterocycles. The number of terminal acetylenes is 1. The van der Waals surface area contributed by atoms with Crippen LogP contribution in [0.3, 0.4) is 0 Å². The van der Waals surface area contributed by atoms with Crippen molar-refractivity contribution in [2.75, 3.05) is 18.0 Å². The monoisotopic (exact) mass is 551 g/mol. The molecule has 7 nitrogen and oxygen atoms in total. The zero-order valence-corrected chi connectivity index (χ0v) is 21.7. The third kappa shape index (κ3) is 4.32. The van der Waals surface area contributed by atoms with E-state index in [9.17, 15) is 18.3 Å². The summed E-state index contributed by atoms with van der Waals surface area (Å²) in [6.07, 6.45) is 3.95. The van der Waals surface area contributed by atoms with Crippen LogP contribution in [-0.2, 0) is 0 Å². The zero-order chi connectivity index (χ0) is 28.3. The van der Waals surface area contributed by atoms with E-state index in [4.69, 9.17) is 11.2 Å². The summed E-state index contributed by atoms with van der Waals surface area (Å²) in [6.45, 7) is 4.45. The zero-order valence-electron chi connectivity index (χ0n) is 21.7. The molecule has 0 radical (unpaired) electrons. The van der Waals surface area contributed by atoms with Crippen LogP contribution in [0.4, 0.5) is 23.4 Å². The van der Waals surface area contributed by atoms with Crippen LogP contribution in [-0.4, -0.2) is 51.3 Å². The number of halogens is 4. The number of pyridine rings is 1. The van der Waals surface area contributed by atoms with Crippen molar-refractivity contribution in [3.8, 4) is 35.2 Å². The fraction of sp³-hybridized carbons (Fsp3) is 0.345. The fourth-order valence-corrected chi connectivity index (χ4v) is 5.68. The summed E-state index contributed by atoms with van der Waals surface area (Å²) in [7, 11) is 0. The Morgan fingerprint density at radius 3 is 2.45 bits per heavy atom. The third-order valence-corrected chi connectivity index (χ3v) is 7.26. The number of hydrogen-bond donors (Lipinski definition) is 2. The van der Waals surface area contributed by atoms with Crippen LogP contribution < -0.4 is 15.0 Å². The molecule has 2 fully saturated rings. The number of phenolic OH excluding ortho intramolecular Hbond substituents is 1. The van der Waals surface area contributed by atoms with Gasteiger partial charge in [0.2, 0.25) is 5.88 Å². The van der Waals surface area contributed by atoms with Gasteiger partial charge in [0.15, 0.2) is 11.6 Å². The van der Waals surface area contributed by atoms with Gasteiger partial charge in [0.05, 0.1) is 11.7 Å². The molecular weight excluding hydrogens is 526 g/mol. The van der Waals surface area contributed by atoms with Gasteiger partial charge in [0, 0.05) is 36.1 Å². The lowest BCUT2D eigenvalue weighted by Crippen LogP contribution is -2.51. The van der Waals surface area contributed by atoms with Gasteiger partial charge in [0.1, 0.15) is 34.0 Å². The molecule has 2 aliphatic heterocycles. The van der Waals surface area contributed by atoms with E-state index in [0.717, 1.165) is 18.9 Å². The number of benzene rings is 2. The molecule has 2 N–H and O–H groups in total. The van der Waals surface area contributed by atoms with Crippen LogP contribution in [0, 0.1) is 24.0 Å². The Morgan fingerprint density at radius 1 is 1.07 bits per heavy atom. The van der Waals surface area contributed by atoms with Crippen LogP contribution >= 0.6 is 0 Å². The largest absolute Gasteiger partial charge is 0.508 e. The number of hydrogen-bond acceptors (Lipinski definition) is 7. The number of piperazine rings is 1. The summed E-state index contributed by atoms with van der Waals surface area (Å²) >= 11 is 0. The Balaban J connectivity index is 1.69. The van der Waals surface area contributed by atoms with Crippen molar-refractivity contribution in [3.63, 3.8) is 0 Å². The lowest BCUT2D eigenvalue weighted by Gasteiger charge is -2.34. The number of ether oxygens (including phenoxy) is 1. The predicted molar refractivity (Wildman–Crippen MR) is 143 cm³/mol. The lowest BCUT2D eigenvalue weighted by atomic mass is 9.95. The molecule has 0 spiro atoms. The third-order valence-electron chi connectivity index (χ3n) is 7.26. The highest BCUT2D eigenvalue weighted by atomic mass is 19.3. The van der Waals surface area contributed by atoms with Crippen molar-refractivity contribution >= 4 is 27.5 Å². The Kier molecular flexibility index (Phi) is 6.38. The summed E-state index contributed by atoms with van der Waals surface area (Å²) in [5, 5.41) is 14.5. The van der Waals surface area contributed by atoms with E-state index in [-0.39, 0.29) is 57.1 Å². The lowest BCUT2D eigenvalue weighted by molar-refractivity contribution is 0.140. The van der Waals surface area contributed by atoms with Gasteiger partial charge in [-0.2, -0.15) is 0 Å². The van der Waals surface area contributed by atoms with Crippen LogP contribution in [0.1, 0.15) is 44.5 Å². The van der Waals surface area contributed by atoms with Crippen molar-refractivity contribution in [2.24, 2.45) is 0 Å². The Morgan fingerprint density at radius 2 is 1.80 bits per heavy atom. The number of nitrogens with one attached hydrogen (secondary N) is 1. The molecule has 2 bridgehead atoms. The molecule has 11 heteroatoms. The van der Waals surface area contributed by atoms with Gasteiger partial charge in [-0.15, -0.1) is 6.42 Å². The first-order valence-corrected chi connectivity index (χ1v) is 12.9. The fourth-order valence-electron chi connectivity index (χ4n) is 5.68. The van der Waals surface area contributed by atoms with Crippen molar-refractivity contribution in [1.82, 2.24) is 20.3 Å². The number of aromatic nitrogens is 3. The quantitative estimate of drug-likeness (QED) is 0.251. The van der Waals surface area contributed by atoms with Crippen LogP contribution in [0.5, 0.6) is 11.6 Å². The van der Waals surface area contributed by atoms with E-state index < -0.39 is 35.5 Å². The van der Waals surface area contributed by atoms with Gasteiger partial charge in [0.25, 0.3) is 6.43 Å². The summed E-state index contributed by atoms with van der Waals surface area (Å²) in [4.78, 5) is 14.4. The molecule has 206 valence electrons. The second kappa shape index (κ2) is 9.78. The second-order valence-corrected chi connectivity index (χ2v) is 10.4. The minimum Gasteiger partial charge on any atom is -0.508 e. The molecule has 0 saturated carbocycles. The maximum atomic E-state index is 16.5. The molecular formula is C29H25F4N5O2. The number of nitrogens with zero attached hydrogens (tertiary/aromatic N) is 4. The average Bonchev–Trinajstić information content (AvgIpc) is 3.26. The first-order chi connectivity index (χ1) is 19.1. The maximum Gasteiger partial charge on any atom is 0.297 e. The highest BCUT2D eigenvalue weighted by molar-refractivity contribution is 6.04. The summed E-state index contributed by atoms with van der Waals surface area (Å²) in [5.74, 6) is -0.530. The Labute approximate surface area is 227 Å². The average molecular weight is 552 g/mol. The minimum atomic E-state index is -3.07. The van der Waals surface area contributed by atoms with Gasteiger partial charge < -0.3 is 20.1 Å². The number of alkyl halides is 2. The summed E-state index contributed by atoms with van der Waals surface area (Å²) in [5.41, 5.74) is -0.985. The molecule has 0 aliphatic carbocycles. The Hall–Kier alpha value is -4.17. The minimum absolute atomic E-state index is 0.0329. The first kappa shape index (κ1) is 26.1. The molecule has 0 amide bonds. The molecule has 2 aromatic heterocycles. The highest BCUT2D eigenvalue weighted by Gasteiger charge is 2.36. The number of phenols is 1. The molecule has 6 rings (SSSR count).